The van der Waals surface area contributed by atoms with Gasteiger partial charge in [0.25, 0.3) is 0 Å². The van der Waals surface area contributed by atoms with Crippen LogP contribution in [0.5, 0.6) is 5.75 Å². The van der Waals surface area contributed by atoms with Crippen LogP contribution in [0.1, 0.15) is 16.8 Å². The van der Waals surface area contributed by atoms with Crippen molar-refractivity contribution in [1.29, 1.82) is 0 Å². The first-order chi connectivity index (χ1) is 7.15. The van der Waals surface area contributed by atoms with Crippen LogP contribution in [-0.4, -0.2) is 17.7 Å². The normalized spacial score (nSPS) is 9.33. The molecular formula is C11H9BrO3. The van der Waals surface area contributed by atoms with Gasteiger partial charge in [0, 0.05) is 10.9 Å². The van der Waals surface area contributed by atoms with E-state index in [1.165, 1.54) is 6.07 Å². The Kier molecular flexibility index (Phi) is 4.19. The van der Waals surface area contributed by atoms with Gasteiger partial charge in [0.1, 0.15) is 5.75 Å². The Labute approximate surface area is 96.2 Å². The van der Waals surface area contributed by atoms with Crippen molar-refractivity contribution in [2.75, 3.05) is 6.61 Å². The number of halogens is 1. The van der Waals surface area contributed by atoms with Gasteiger partial charge in [0.05, 0.1) is 12.2 Å². The van der Waals surface area contributed by atoms with Gasteiger partial charge in [-0.05, 0) is 34.1 Å². The summed E-state index contributed by atoms with van der Waals surface area (Å²) in [6, 6.07) is 4.70. The summed E-state index contributed by atoms with van der Waals surface area (Å²) in [5, 5.41) is 8.77. The number of benzene rings is 1. The summed E-state index contributed by atoms with van der Waals surface area (Å²) in [7, 11) is 0. The van der Waals surface area contributed by atoms with Gasteiger partial charge in [-0.1, -0.05) is 0 Å². The summed E-state index contributed by atoms with van der Waals surface area (Å²) < 4.78 is 5.79. The van der Waals surface area contributed by atoms with Gasteiger partial charge in [-0.15, -0.1) is 12.3 Å². The number of ether oxygens (including phenoxy) is 1. The number of carboxylic acids is 1. The van der Waals surface area contributed by atoms with E-state index in [-0.39, 0.29) is 5.56 Å². The fourth-order valence-electron chi connectivity index (χ4n) is 0.987. The molecule has 0 saturated heterocycles. The maximum atomic E-state index is 10.7. The van der Waals surface area contributed by atoms with Crippen LogP contribution in [0, 0.1) is 12.3 Å². The second kappa shape index (κ2) is 5.42. The van der Waals surface area contributed by atoms with Gasteiger partial charge in [-0.25, -0.2) is 4.79 Å². The van der Waals surface area contributed by atoms with E-state index in [1.807, 2.05) is 0 Å². The molecule has 0 aliphatic carbocycles. The zero-order valence-corrected chi connectivity index (χ0v) is 9.45. The number of rotatable bonds is 4. The van der Waals surface area contributed by atoms with Gasteiger partial charge in [0.2, 0.25) is 0 Å². The summed E-state index contributed by atoms with van der Waals surface area (Å²) in [6.07, 6.45) is 5.60. The third-order valence-electron chi connectivity index (χ3n) is 1.69. The largest absolute Gasteiger partial charge is 0.493 e. The van der Waals surface area contributed by atoms with Gasteiger partial charge in [-0.2, -0.15) is 0 Å². The Morgan fingerprint density at radius 2 is 2.33 bits per heavy atom. The molecule has 0 unspecified atom stereocenters. The molecule has 3 nitrogen and oxygen atoms in total. The smallest absolute Gasteiger partial charge is 0.336 e. The Bertz CT molecular complexity index is 407. The fraction of sp³-hybridized carbons (Fsp3) is 0.182. The molecule has 15 heavy (non-hydrogen) atoms. The van der Waals surface area contributed by atoms with Gasteiger partial charge >= 0.3 is 5.97 Å². The van der Waals surface area contributed by atoms with Crippen LogP contribution in [-0.2, 0) is 0 Å². The molecule has 1 aromatic carbocycles. The van der Waals surface area contributed by atoms with Gasteiger partial charge < -0.3 is 9.84 Å². The lowest BCUT2D eigenvalue weighted by Crippen LogP contribution is -2.00. The molecule has 4 heteroatoms. The van der Waals surface area contributed by atoms with E-state index < -0.39 is 5.97 Å². The molecule has 0 spiro atoms. The SMILES string of the molecule is C#CCCOc1ccc(C(=O)O)c(Br)c1. The zero-order valence-electron chi connectivity index (χ0n) is 7.87. The minimum absolute atomic E-state index is 0.208. The molecule has 0 heterocycles. The van der Waals surface area contributed by atoms with Crippen LogP contribution in [0.4, 0.5) is 0 Å². The Morgan fingerprint density at radius 3 is 2.87 bits per heavy atom. The van der Waals surface area contributed by atoms with Crippen molar-refractivity contribution in [1.82, 2.24) is 0 Å². The van der Waals surface area contributed by atoms with Gasteiger partial charge in [-0.3, -0.25) is 0 Å². The maximum Gasteiger partial charge on any atom is 0.336 e. The highest BCUT2D eigenvalue weighted by molar-refractivity contribution is 9.10. The van der Waals surface area contributed by atoms with Crippen molar-refractivity contribution in [3.05, 3.63) is 28.2 Å². The van der Waals surface area contributed by atoms with E-state index in [1.54, 1.807) is 12.1 Å². The summed E-state index contributed by atoms with van der Waals surface area (Å²) in [6.45, 7) is 0.426. The molecule has 0 atom stereocenters. The van der Waals surface area contributed by atoms with Crippen LogP contribution in [0.2, 0.25) is 0 Å². The molecular weight excluding hydrogens is 260 g/mol. The van der Waals surface area contributed by atoms with Crippen molar-refractivity contribution in [2.45, 2.75) is 6.42 Å². The summed E-state index contributed by atoms with van der Waals surface area (Å²) in [5.74, 6) is 2.08. The van der Waals surface area contributed by atoms with Crippen molar-refractivity contribution in [3.8, 4) is 18.1 Å². The number of carboxylic acid groups (broad SMARTS) is 1. The summed E-state index contributed by atoms with van der Waals surface area (Å²) in [5.41, 5.74) is 0.208. The molecule has 0 saturated carbocycles. The van der Waals surface area contributed by atoms with E-state index in [0.29, 0.717) is 23.2 Å². The van der Waals surface area contributed by atoms with Crippen LogP contribution >= 0.6 is 15.9 Å². The second-order valence-corrected chi connectivity index (χ2v) is 3.60. The lowest BCUT2D eigenvalue weighted by Gasteiger charge is -2.05. The predicted octanol–water partition coefficient (Wildman–Crippen LogP) is 2.55. The van der Waals surface area contributed by atoms with Crippen molar-refractivity contribution in [3.63, 3.8) is 0 Å². The number of carbonyl (C=O) groups is 1. The standard InChI is InChI=1S/C11H9BrO3/c1-2-3-6-15-8-4-5-9(11(13)14)10(12)7-8/h1,4-5,7H,3,6H2,(H,13,14). The number of hydrogen-bond donors (Lipinski definition) is 1. The molecule has 0 fully saturated rings. The van der Waals surface area contributed by atoms with Crippen LogP contribution in [0.25, 0.3) is 0 Å². The molecule has 0 amide bonds. The van der Waals surface area contributed by atoms with E-state index in [4.69, 9.17) is 16.3 Å². The maximum absolute atomic E-state index is 10.7. The molecule has 0 aromatic heterocycles. The zero-order chi connectivity index (χ0) is 11.3. The number of hydrogen-bond acceptors (Lipinski definition) is 2. The monoisotopic (exact) mass is 268 g/mol. The summed E-state index contributed by atoms with van der Waals surface area (Å²) >= 11 is 3.16. The third kappa shape index (κ3) is 3.30. The molecule has 1 rings (SSSR count). The molecule has 0 radical (unpaired) electrons. The second-order valence-electron chi connectivity index (χ2n) is 2.75. The van der Waals surface area contributed by atoms with Crippen molar-refractivity contribution >= 4 is 21.9 Å². The van der Waals surface area contributed by atoms with E-state index in [0.717, 1.165) is 0 Å². The minimum Gasteiger partial charge on any atom is -0.493 e. The first kappa shape index (κ1) is 11.6. The summed E-state index contributed by atoms with van der Waals surface area (Å²) in [4.78, 5) is 10.7. The van der Waals surface area contributed by atoms with E-state index in [2.05, 4.69) is 21.9 Å². The highest BCUT2D eigenvalue weighted by Crippen LogP contribution is 2.23. The Morgan fingerprint density at radius 1 is 1.60 bits per heavy atom. The third-order valence-corrected chi connectivity index (χ3v) is 2.34. The molecule has 0 bridgehead atoms. The highest BCUT2D eigenvalue weighted by atomic mass is 79.9. The molecule has 0 aliphatic heterocycles. The molecule has 1 aromatic rings. The average Bonchev–Trinajstić information content (AvgIpc) is 2.17. The van der Waals surface area contributed by atoms with Crippen molar-refractivity contribution in [2.24, 2.45) is 0 Å². The highest BCUT2D eigenvalue weighted by Gasteiger charge is 2.08. The van der Waals surface area contributed by atoms with Crippen LogP contribution < -0.4 is 4.74 Å². The quantitative estimate of drug-likeness (QED) is 0.675. The van der Waals surface area contributed by atoms with Crippen LogP contribution in [0.3, 0.4) is 0 Å². The lowest BCUT2D eigenvalue weighted by atomic mass is 10.2. The number of terminal acetylenes is 1. The molecule has 78 valence electrons. The minimum atomic E-state index is -0.975. The van der Waals surface area contributed by atoms with Gasteiger partial charge in [0.15, 0.2) is 0 Å². The lowest BCUT2D eigenvalue weighted by molar-refractivity contribution is 0.0696. The predicted molar refractivity (Wildman–Crippen MR) is 60.0 cm³/mol. The topological polar surface area (TPSA) is 46.5 Å². The first-order valence-corrected chi connectivity index (χ1v) is 5.03. The average molecular weight is 269 g/mol. The van der Waals surface area contributed by atoms with Crippen molar-refractivity contribution < 1.29 is 14.6 Å². The van der Waals surface area contributed by atoms with E-state index >= 15 is 0 Å². The fourth-order valence-corrected chi connectivity index (χ4v) is 1.51. The first-order valence-electron chi connectivity index (χ1n) is 4.24. The Hall–Kier alpha value is -1.47. The molecule has 1 N–H and O–H groups in total. The molecule has 0 aliphatic rings. The van der Waals surface area contributed by atoms with Crippen LogP contribution in [0.15, 0.2) is 22.7 Å². The Balaban J connectivity index is 2.74. The number of aromatic carboxylic acids is 1. The van der Waals surface area contributed by atoms with E-state index in [9.17, 15) is 4.79 Å².